The number of ether oxygens (including phenoxy) is 2. The summed E-state index contributed by atoms with van der Waals surface area (Å²) >= 11 is 0. The lowest BCUT2D eigenvalue weighted by Crippen LogP contribution is -2.20. The van der Waals surface area contributed by atoms with Crippen LogP contribution in [0.25, 0.3) is 0 Å². The van der Waals surface area contributed by atoms with Gasteiger partial charge < -0.3 is 14.4 Å². The summed E-state index contributed by atoms with van der Waals surface area (Å²) in [5.41, 5.74) is 0. The summed E-state index contributed by atoms with van der Waals surface area (Å²) in [7, 11) is 4.05. The average molecular weight is 676 g/mol. The largest absolute Gasteiger partial charge is 0.462 e. The van der Waals surface area contributed by atoms with Crippen molar-refractivity contribution in [3.05, 3.63) is 24.3 Å². The van der Waals surface area contributed by atoms with Crippen LogP contribution in [0.5, 0.6) is 0 Å². The van der Waals surface area contributed by atoms with Gasteiger partial charge in [-0.15, -0.1) is 0 Å². The van der Waals surface area contributed by atoms with Crippen LogP contribution in [-0.4, -0.2) is 56.0 Å². The molecule has 48 heavy (non-hydrogen) atoms. The number of Topliss-reactive ketones (excluding diaryl/α,β-unsaturated/α-hetero) is 1. The number of nitrogens with zero attached hydrogens (tertiary/aromatic N) is 1. The standard InChI is InChI=1S/C42H77NO5/c1-5-7-9-11-13-14-18-24-31-39(44)32-25-19-16-20-26-33-40(48-42(46)36-30-37-43(3)4)34-27-21-17-22-28-35-41(45)47-38-29-23-15-12-10-8-6-2/h14,18,23,29,40H,5-13,15-17,19-22,24-28,30-38H2,1-4H3/b18-14-,29-23-. The van der Waals surface area contributed by atoms with E-state index in [1.807, 2.05) is 20.2 Å². The molecule has 280 valence electrons. The van der Waals surface area contributed by atoms with Gasteiger partial charge in [-0.3, -0.25) is 14.4 Å². The highest BCUT2D eigenvalue weighted by molar-refractivity contribution is 5.78. The molecule has 0 aromatic rings. The Kier molecular flexibility index (Phi) is 34.9. The molecular formula is C42H77NO5. The van der Waals surface area contributed by atoms with Crippen molar-refractivity contribution in [3.63, 3.8) is 0 Å². The number of hydrogen-bond acceptors (Lipinski definition) is 6. The predicted octanol–water partition coefficient (Wildman–Crippen LogP) is 11.6. The Labute approximate surface area is 297 Å². The van der Waals surface area contributed by atoms with Crippen LogP contribution in [0.2, 0.25) is 0 Å². The number of rotatable bonds is 36. The van der Waals surface area contributed by atoms with Gasteiger partial charge in [-0.05, 0) is 97.7 Å². The highest BCUT2D eigenvalue weighted by Gasteiger charge is 2.14. The fourth-order valence-electron chi connectivity index (χ4n) is 5.82. The number of unbranched alkanes of at least 4 members (excludes halogenated alkanes) is 16. The lowest BCUT2D eigenvalue weighted by molar-refractivity contribution is -0.150. The molecule has 0 bridgehead atoms. The summed E-state index contributed by atoms with van der Waals surface area (Å²) in [4.78, 5) is 38.8. The molecule has 0 radical (unpaired) electrons. The number of allylic oxidation sites excluding steroid dienone is 3. The Bertz CT molecular complexity index is 754. The summed E-state index contributed by atoms with van der Waals surface area (Å²) in [6, 6.07) is 0. The molecule has 0 amide bonds. The van der Waals surface area contributed by atoms with E-state index in [9.17, 15) is 14.4 Å². The predicted molar refractivity (Wildman–Crippen MR) is 203 cm³/mol. The monoisotopic (exact) mass is 676 g/mol. The third kappa shape index (κ3) is 35.4. The fraction of sp³-hybridized carbons (Fsp3) is 0.833. The quantitative estimate of drug-likeness (QED) is 0.0374. The molecule has 0 saturated heterocycles. The molecule has 6 heteroatoms. The van der Waals surface area contributed by atoms with Crippen LogP contribution in [-0.2, 0) is 23.9 Å². The summed E-state index contributed by atoms with van der Waals surface area (Å²) in [6.45, 7) is 5.73. The van der Waals surface area contributed by atoms with Crippen molar-refractivity contribution < 1.29 is 23.9 Å². The highest BCUT2D eigenvalue weighted by Crippen LogP contribution is 2.18. The molecule has 0 spiro atoms. The van der Waals surface area contributed by atoms with Crippen LogP contribution in [0, 0.1) is 0 Å². The first-order chi connectivity index (χ1) is 23.4. The summed E-state index contributed by atoms with van der Waals surface area (Å²) in [5.74, 6) is 0.217. The maximum Gasteiger partial charge on any atom is 0.306 e. The van der Waals surface area contributed by atoms with Gasteiger partial charge in [0.1, 0.15) is 18.5 Å². The van der Waals surface area contributed by atoms with Crippen molar-refractivity contribution >= 4 is 17.7 Å². The third-order valence-corrected chi connectivity index (χ3v) is 8.89. The van der Waals surface area contributed by atoms with E-state index in [0.29, 0.717) is 38.1 Å². The van der Waals surface area contributed by atoms with Crippen molar-refractivity contribution in [1.82, 2.24) is 4.90 Å². The number of ketones is 1. The van der Waals surface area contributed by atoms with Gasteiger partial charge in [0.15, 0.2) is 0 Å². The Hall–Kier alpha value is -1.95. The van der Waals surface area contributed by atoms with E-state index in [0.717, 1.165) is 109 Å². The van der Waals surface area contributed by atoms with E-state index < -0.39 is 0 Å². The van der Waals surface area contributed by atoms with Crippen molar-refractivity contribution in [3.8, 4) is 0 Å². The molecule has 6 nitrogen and oxygen atoms in total. The lowest BCUT2D eigenvalue weighted by atomic mass is 10.0. The Morgan fingerprint density at radius 3 is 1.62 bits per heavy atom. The van der Waals surface area contributed by atoms with E-state index >= 15 is 0 Å². The maximum atomic E-state index is 12.5. The van der Waals surface area contributed by atoms with Crippen LogP contribution in [0.4, 0.5) is 0 Å². The topological polar surface area (TPSA) is 72.9 Å². The maximum absolute atomic E-state index is 12.5. The molecule has 0 aliphatic heterocycles. The SMILES string of the molecule is CCCCCC/C=C\CCC(=O)CCCCCCCC(CCCCCCCC(=O)OC/C=C\CCCCCC)OC(=O)CCCN(C)C. The third-order valence-electron chi connectivity index (χ3n) is 8.89. The molecule has 0 aromatic carbocycles. The van der Waals surface area contributed by atoms with Crippen LogP contribution in [0.1, 0.15) is 194 Å². The summed E-state index contributed by atoms with van der Waals surface area (Å²) in [5, 5.41) is 0. The van der Waals surface area contributed by atoms with Crippen LogP contribution < -0.4 is 0 Å². The van der Waals surface area contributed by atoms with Crippen molar-refractivity contribution in [2.75, 3.05) is 27.2 Å². The molecule has 0 aromatic heterocycles. The van der Waals surface area contributed by atoms with Crippen LogP contribution in [0.3, 0.4) is 0 Å². The molecule has 1 atom stereocenters. The molecule has 0 saturated carbocycles. The van der Waals surface area contributed by atoms with Gasteiger partial charge in [0, 0.05) is 25.7 Å². The second kappa shape index (κ2) is 36.3. The number of hydrogen-bond donors (Lipinski definition) is 0. The van der Waals surface area contributed by atoms with Gasteiger partial charge in [-0.1, -0.05) is 115 Å². The molecule has 0 aliphatic carbocycles. The van der Waals surface area contributed by atoms with E-state index in [1.54, 1.807) is 0 Å². The zero-order valence-corrected chi connectivity index (χ0v) is 32.1. The molecule has 0 heterocycles. The Morgan fingerprint density at radius 1 is 0.521 bits per heavy atom. The molecule has 0 N–H and O–H groups in total. The van der Waals surface area contributed by atoms with Crippen LogP contribution >= 0.6 is 0 Å². The molecule has 0 fully saturated rings. The minimum Gasteiger partial charge on any atom is -0.462 e. The van der Waals surface area contributed by atoms with E-state index in [-0.39, 0.29) is 18.0 Å². The molecular weight excluding hydrogens is 598 g/mol. The smallest absolute Gasteiger partial charge is 0.306 e. The average Bonchev–Trinajstić information content (AvgIpc) is 3.05. The second-order valence-corrected chi connectivity index (χ2v) is 14.0. The first kappa shape index (κ1) is 46.0. The second-order valence-electron chi connectivity index (χ2n) is 14.0. The van der Waals surface area contributed by atoms with Crippen molar-refractivity contribution in [1.29, 1.82) is 0 Å². The van der Waals surface area contributed by atoms with Gasteiger partial charge >= 0.3 is 11.9 Å². The van der Waals surface area contributed by atoms with E-state index in [2.05, 4.69) is 37.0 Å². The number of esters is 2. The normalized spacial score (nSPS) is 12.4. The Balaban J connectivity index is 4.11. The van der Waals surface area contributed by atoms with Gasteiger partial charge in [0.05, 0.1) is 0 Å². The lowest BCUT2D eigenvalue weighted by Gasteiger charge is -2.18. The zero-order chi connectivity index (χ0) is 35.3. The first-order valence-corrected chi connectivity index (χ1v) is 20.2. The van der Waals surface area contributed by atoms with Gasteiger partial charge in [-0.25, -0.2) is 0 Å². The van der Waals surface area contributed by atoms with Gasteiger partial charge in [0.25, 0.3) is 0 Å². The van der Waals surface area contributed by atoms with Crippen molar-refractivity contribution in [2.45, 2.75) is 200 Å². The van der Waals surface area contributed by atoms with Gasteiger partial charge in [-0.2, -0.15) is 0 Å². The minimum atomic E-state index is -0.102. The first-order valence-electron chi connectivity index (χ1n) is 20.2. The number of carbonyl (C=O) groups excluding carboxylic acids is 3. The zero-order valence-electron chi connectivity index (χ0n) is 32.1. The molecule has 0 rings (SSSR count). The Morgan fingerprint density at radius 2 is 1.02 bits per heavy atom. The summed E-state index contributed by atoms with van der Waals surface area (Å²) in [6.07, 6.45) is 37.3. The number of carbonyl (C=O) groups is 3. The fourth-order valence-corrected chi connectivity index (χ4v) is 5.82. The van der Waals surface area contributed by atoms with Crippen molar-refractivity contribution in [2.24, 2.45) is 0 Å². The van der Waals surface area contributed by atoms with Gasteiger partial charge in [0.2, 0.25) is 0 Å². The van der Waals surface area contributed by atoms with E-state index in [1.165, 1.54) is 51.4 Å². The minimum absolute atomic E-state index is 0.00666. The highest BCUT2D eigenvalue weighted by atomic mass is 16.5. The van der Waals surface area contributed by atoms with Crippen LogP contribution in [0.15, 0.2) is 24.3 Å². The molecule has 0 aliphatic rings. The van der Waals surface area contributed by atoms with E-state index in [4.69, 9.17) is 9.47 Å². The summed E-state index contributed by atoms with van der Waals surface area (Å²) < 4.78 is 11.3. The molecule has 1 unspecified atom stereocenters.